The molecule has 2 rings (SSSR count). The Hall–Kier alpha value is -2.67. The van der Waals surface area contributed by atoms with Crippen LogP contribution in [-0.4, -0.2) is 35.7 Å². The molecule has 22 heavy (non-hydrogen) atoms. The van der Waals surface area contributed by atoms with E-state index in [9.17, 15) is 4.79 Å². The third kappa shape index (κ3) is 4.16. The van der Waals surface area contributed by atoms with Crippen molar-refractivity contribution in [2.75, 3.05) is 25.6 Å². The molecule has 0 radical (unpaired) electrons. The molecule has 1 heterocycles. The lowest BCUT2D eigenvalue weighted by atomic mass is 10.1. The fraction of sp³-hybridized carbons (Fsp3) is 0.267. The quantitative estimate of drug-likeness (QED) is 0.744. The Morgan fingerprint density at radius 3 is 2.55 bits per heavy atom. The molecule has 0 spiro atoms. The van der Waals surface area contributed by atoms with Crippen LogP contribution in [0.3, 0.4) is 0 Å². The highest BCUT2D eigenvalue weighted by Gasteiger charge is 2.09. The van der Waals surface area contributed by atoms with E-state index in [2.05, 4.69) is 9.97 Å². The second kappa shape index (κ2) is 7.37. The Balaban J connectivity index is 2.11. The SMILES string of the molecule is CCOCCOc1ccc(-c2cc(C(N)=O)nc(N)n2)cc1. The monoisotopic (exact) mass is 302 g/mol. The number of nitrogen functional groups attached to an aromatic ring is 1. The van der Waals surface area contributed by atoms with E-state index in [1.807, 2.05) is 31.2 Å². The van der Waals surface area contributed by atoms with E-state index in [1.165, 1.54) is 6.07 Å². The maximum Gasteiger partial charge on any atom is 0.267 e. The van der Waals surface area contributed by atoms with Gasteiger partial charge in [0.15, 0.2) is 0 Å². The van der Waals surface area contributed by atoms with Crippen molar-refractivity contribution in [2.24, 2.45) is 5.73 Å². The molecule has 2 aromatic rings. The van der Waals surface area contributed by atoms with Crippen LogP contribution in [0.5, 0.6) is 5.75 Å². The van der Waals surface area contributed by atoms with Gasteiger partial charge < -0.3 is 20.9 Å². The summed E-state index contributed by atoms with van der Waals surface area (Å²) in [5.74, 6) is 0.0789. The van der Waals surface area contributed by atoms with Gasteiger partial charge in [-0.1, -0.05) is 0 Å². The van der Waals surface area contributed by atoms with Crippen LogP contribution in [0.2, 0.25) is 0 Å². The van der Waals surface area contributed by atoms with E-state index >= 15 is 0 Å². The number of amides is 1. The summed E-state index contributed by atoms with van der Waals surface area (Å²) in [6, 6.07) is 8.77. The van der Waals surface area contributed by atoms with Gasteiger partial charge in [-0.3, -0.25) is 4.79 Å². The maximum absolute atomic E-state index is 11.2. The Kier molecular flexibility index (Phi) is 5.26. The summed E-state index contributed by atoms with van der Waals surface area (Å²) in [7, 11) is 0. The van der Waals surface area contributed by atoms with Crippen LogP contribution in [-0.2, 0) is 4.74 Å². The van der Waals surface area contributed by atoms with Gasteiger partial charge in [-0.2, -0.15) is 0 Å². The van der Waals surface area contributed by atoms with E-state index in [0.29, 0.717) is 25.5 Å². The highest BCUT2D eigenvalue weighted by molar-refractivity contribution is 5.92. The first-order valence-corrected chi connectivity index (χ1v) is 6.85. The normalized spacial score (nSPS) is 10.4. The molecule has 1 aromatic heterocycles. The minimum Gasteiger partial charge on any atom is -0.491 e. The smallest absolute Gasteiger partial charge is 0.267 e. The molecule has 1 aromatic carbocycles. The highest BCUT2D eigenvalue weighted by atomic mass is 16.5. The van der Waals surface area contributed by atoms with Gasteiger partial charge in [0.25, 0.3) is 5.91 Å². The summed E-state index contributed by atoms with van der Waals surface area (Å²) in [6.07, 6.45) is 0. The van der Waals surface area contributed by atoms with Gasteiger partial charge >= 0.3 is 0 Å². The summed E-state index contributed by atoms with van der Waals surface area (Å²) >= 11 is 0. The molecule has 0 aliphatic rings. The average Bonchev–Trinajstić information content (AvgIpc) is 2.51. The number of carbonyl (C=O) groups is 1. The Morgan fingerprint density at radius 1 is 1.18 bits per heavy atom. The number of hydrogen-bond donors (Lipinski definition) is 2. The lowest BCUT2D eigenvalue weighted by Crippen LogP contribution is -2.15. The van der Waals surface area contributed by atoms with E-state index < -0.39 is 5.91 Å². The van der Waals surface area contributed by atoms with Gasteiger partial charge in [-0.05, 0) is 37.3 Å². The summed E-state index contributed by atoms with van der Waals surface area (Å²) in [4.78, 5) is 19.1. The summed E-state index contributed by atoms with van der Waals surface area (Å²) in [6.45, 7) is 3.63. The highest BCUT2D eigenvalue weighted by Crippen LogP contribution is 2.22. The van der Waals surface area contributed by atoms with E-state index in [0.717, 1.165) is 11.3 Å². The number of primary amides is 1. The predicted octanol–water partition coefficient (Wildman–Crippen LogP) is 1.24. The van der Waals surface area contributed by atoms with Crippen LogP contribution >= 0.6 is 0 Å². The molecule has 0 atom stereocenters. The third-order valence-electron chi connectivity index (χ3n) is 2.85. The second-order valence-electron chi connectivity index (χ2n) is 4.43. The van der Waals surface area contributed by atoms with Crippen molar-refractivity contribution < 1.29 is 14.3 Å². The molecule has 0 fully saturated rings. The number of nitrogens with two attached hydrogens (primary N) is 2. The van der Waals surface area contributed by atoms with Gasteiger partial charge in [-0.25, -0.2) is 9.97 Å². The summed E-state index contributed by atoms with van der Waals surface area (Å²) in [5, 5.41) is 0. The molecule has 0 unspecified atom stereocenters. The third-order valence-corrected chi connectivity index (χ3v) is 2.85. The van der Waals surface area contributed by atoms with Crippen LogP contribution in [0.4, 0.5) is 5.95 Å². The number of nitrogens with zero attached hydrogens (tertiary/aromatic N) is 2. The van der Waals surface area contributed by atoms with Crippen LogP contribution < -0.4 is 16.2 Å². The van der Waals surface area contributed by atoms with E-state index in [4.69, 9.17) is 20.9 Å². The van der Waals surface area contributed by atoms with E-state index in [1.54, 1.807) is 0 Å². The number of anilines is 1. The first-order valence-electron chi connectivity index (χ1n) is 6.85. The fourth-order valence-corrected chi connectivity index (χ4v) is 1.82. The molecule has 116 valence electrons. The number of benzene rings is 1. The molecular formula is C15H18N4O3. The minimum absolute atomic E-state index is 0.00309. The second-order valence-corrected chi connectivity index (χ2v) is 4.43. The Bertz CT molecular complexity index is 644. The standard InChI is InChI=1S/C15H18N4O3/c1-2-21-7-8-22-11-5-3-10(4-6-11)12-9-13(14(16)20)19-15(17)18-12/h3-6,9H,2,7-8H2,1H3,(H2,16,20)(H2,17,18,19). The van der Waals surface area contributed by atoms with Crippen molar-refractivity contribution in [3.8, 4) is 17.0 Å². The van der Waals surface area contributed by atoms with Gasteiger partial charge in [0.05, 0.1) is 12.3 Å². The lowest BCUT2D eigenvalue weighted by molar-refractivity contribution is 0.0995. The molecule has 0 saturated heterocycles. The lowest BCUT2D eigenvalue weighted by Gasteiger charge is -2.08. The van der Waals surface area contributed by atoms with Gasteiger partial charge in [0, 0.05) is 12.2 Å². The first kappa shape index (κ1) is 15.7. The van der Waals surface area contributed by atoms with Crippen molar-refractivity contribution in [2.45, 2.75) is 6.92 Å². The molecule has 7 nitrogen and oxygen atoms in total. The van der Waals surface area contributed by atoms with E-state index in [-0.39, 0.29) is 11.6 Å². The Labute approximate surface area is 128 Å². The molecule has 7 heteroatoms. The van der Waals surface area contributed by atoms with Crippen molar-refractivity contribution in [3.05, 3.63) is 36.0 Å². The number of hydrogen-bond acceptors (Lipinski definition) is 6. The van der Waals surface area contributed by atoms with Gasteiger partial charge in [0.2, 0.25) is 5.95 Å². The summed E-state index contributed by atoms with van der Waals surface area (Å²) < 4.78 is 10.7. The molecular weight excluding hydrogens is 284 g/mol. The minimum atomic E-state index is -0.647. The zero-order valence-electron chi connectivity index (χ0n) is 12.3. The topological polar surface area (TPSA) is 113 Å². The number of carbonyl (C=O) groups excluding carboxylic acids is 1. The van der Waals surface area contributed by atoms with Gasteiger partial charge in [-0.15, -0.1) is 0 Å². The fourth-order valence-electron chi connectivity index (χ4n) is 1.82. The number of rotatable bonds is 7. The van der Waals surface area contributed by atoms with Crippen LogP contribution in [0.1, 0.15) is 17.4 Å². The van der Waals surface area contributed by atoms with Crippen LogP contribution in [0.15, 0.2) is 30.3 Å². The largest absolute Gasteiger partial charge is 0.491 e. The Morgan fingerprint density at radius 2 is 1.91 bits per heavy atom. The van der Waals surface area contributed by atoms with Crippen molar-refractivity contribution >= 4 is 11.9 Å². The predicted molar refractivity (Wildman–Crippen MR) is 82.4 cm³/mol. The summed E-state index contributed by atoms with van der Waals surface area (Å²) in [5.41, 5.74) is 12.2. The molecule has 4 N–H and O–H groups in total. The van der Waals surface area contributed by atoms with Crippen molar-refractivity contribution in [1.82, 2.24) is 9.97 Å². The molecule has 0 aliphatic carbocycles. The number of aromatic nitrogens is 2. The zero-order chi connectivity index (χ0) is 15.9. The van der Waals surface area contributed by atoms with Crippen molar-refractivity contribution in [3.63, 3.8) is 0 Å². The average molecular weight is 302 g/mol. The molecule has 0 saturated carbocycles. The van der Waals surface area contributed by atoms with Crippen LogP contribution in [0.25, 0.3) is 11.3 Å². The number of ether oxygens (including phenoxy) is 2. The molecule has 0 bridgehead atoms. The molecule has 0 aliphatic heterocycles. The maximum atomic E-state index is 11.2. The van der Waals surface area contributed by atoms with Crippen LogP contribution in [0, 0.1) is 0 Å². The van der Waals surface area contributed by atoms with Crippen molar-refractivity contribution in [1.29, 1.82) is 0 Å². The van der Waals surface area contributed by atoms with Gasteiger partial charge in [0.1, 0.15) is 18.1 Å². The molecule has 1 amide bonds. The zero-order valence-corrected chi connectivity index (χ0v) is 12.3. The first-order chi connectivity index (χ1) is 10.6.